The number of nitrogens with zero attached hydrogens (tertiary/aromatic N) is 6. The SMILES string of the molecule is COCC(C)(C)c1cccc(Cn2cc(-c3nc(N)nc4c(OC)cccc34)nn2)[n+]1C(=O)[O-]. The molecule has 3 heterocycles. The number of nitrogens with two attached hydrogens (primary N) is 1. The van der Waals surface area contributed by atoms with Crippen molar-refractivity contribution in [3.63, 3.8) is 0 Å². The molecule has 0 aliphatic heterocycles. The van der Waals surface area contributed by atoms with E-state index in [-0.39, 0.29) is 12.5 Å². The Labute approximate surface area is 195 Å². The van der Waals surface area contributed by atoms with Crippen molar-refractivity contribution in [2.24, 2.45) is 0 Å². The summed E-state index contributed by atoms with van der Waals surface area (Å²) < 4.78 is 13.4. The Balaban J connectivity index is 1.75. The first-order valence-corrected chi connectivity index (χ1v) is 10.5. The van der Waals surface area contributed by atoms with E-state index in [2.05, 4.69) is 20.3 Å². The molecule has 0 saturated heterocycles. The quantitative estimate of drug-likeness (QED) is 0.396. The molecule has 0 fully saturated rings. The van der Waals surface area contributed by atoms with Crippen LogP contribution in [0.3, 0.4) is 0 Å². The second kappa shape index (κ2) is 9.02. The number of ether oxygens (including phenoxy) is 2. The van der Waals surface area contributed by atoms with Gasteiger partial charge in [-0.2, -0.15) is 0 Å². The average Bonchev–Trinajstić information content (AvgIpc) is 3.26. The normalized spacial score (nSPS) is 11.6. The maximum Gasteiger partial charge on any atom is 0.343 e. The van der Waals surface area contributed by atoms with E-state index in [1.54, 1.807) is 44.7 Å². The van der Waals surface area contributed by atoms with Gasteiger partial charge in [0.1, 0.15) is 29.2 Å². The second-order valence-corrected chi connectivity index (χ2v) is 8.41. The van der Waals surface area contributed by atoms with Crippen LogP contribution < -0.4 is 20.1 Å². The maximum absolute atomic E-state index is 12.1. The summed E-state index contributed by atoms with van der Waals surface area (Å²) in [4.78, 5) is 20.7. The van der Waals surface area contributed by atoms with E-state index in [4.69, 9.17) is 15.2 Å². The zero-order valence-corrected chi connectivity index (χ0v) is 19.3. The monoisotopic (exact) mass is 463 g/mol. The minimum absolute atomic E-state index is 0.0735. The van der Waals surface area contributed by atoms with Gasteiger partial charge in [0.25, 0.3) is 0 Å². The standard InChI is InChI=1S/C23H25N7O4/c1-23(2,13-33-3)18-10-5-7-14(30(18)22(31)32)11-29-12-16(27-28-29)19-15-8-6-9-17(34-4)20(15)26-21(24)25-19/h5-10,12H,11,13H2,1-4H3,(H2-,24,25,26,31,32). The number of carbonyl (C=O) groups excluding carboxylic acids is 1. The number of nitrogen functional groups attached to an aromatic ring is 1. The molecule has 4 rings (SSSR count). The van der Waals surface area contributed by atoms with Crippen LogP contribution in [0.4, 0.5) is 10.7 Å². The Kier molecular flexibility index (Phi) is 6.12. The van der Waals surface area contributed by atoms with E-state index in [1.165, 1.54) is 4.68 Å². The van der Waals surface area contributed by atoms with Crippen molar-refractivity contribution in [3.05, 3.63) is 54.0 Å². The second-order valence-electron chi connectivity index (χ2n) is 8.41. The third-order valence-electron chi connectivity index (χ3n) is 5.48. The summed E-state index contributed by atoms with van der Waals surface area (Å²) in [7, 11) is 3.13. The molecule has 4 aromatic rings. The van der Waals surface area contributed by atoms with Crippen LogP contribution in [0, 0.1) is 0 Å². The van der Waals surface area contributed by atoms with Gasteiger partial charge in [0, 0.05) is 24.6 Å². The van der Waals surface area contributed by atoms with E-state index in [0.717, 1.165) is 4.57 Å². The molecule has 0 aliphatic rings. The number of rotatable bonds is 7. The fourth-order valence-electron chi connectivity index (χ4n) is 4.01. The van der Waals surface area contributed by atoms with Gasteiger partial charge in [-0.1, -0.05) is 17.3 Å². The summed E-state index contributed by atoms with van der Waals surface area (Å²) in [5, 5.41) is 21.2. The maximum atomic E-state index is 12.1. The van der Waals surface area contributed by atoms with E-state index in [9.17, 15) is 9.90 Å². The molecule has 0 amide bonds. The van der Waals surface area contributed by atoms with Gasteiger partial charge in [-0.25, -0.2) is 14.6 Å². The molecule has 34 heavy (non-hydrogen) atoms. The van der Waals surface area contributed by atoms with Crippen molar-refractivity contribution < 1.29 is 23.9 Å². The lowest BCUT2D eigenvalue weighted by molar-refractivity contribution is -0.648. The molecule has 176 valence electrons. The Bertz CT molecular complexity index is 1370. The summed E-state index contributed by atoms with van der Waals surface area (Å²) in [6, 6.07) is 10.7. The fraction of sp³-hybridized carbons (Fsp3) is 0.304. The number of pyridine rings is 1. The number of aromatic nitrogens is 6. The van der Waals surface area contributed by atoms with E-state index < -0.39 is 11.5 Å². The third-order valence-corrected chi connectivity index (χ3v) is 5.48. The number of carbonyl (C=O) groups is 1. The Morgan fingerprint density at radius 3 is 2.65 bits per heavy atom. The molecular formula is C23H25N7O4. The topological polar surface area (TPSA) is 145 Å². The summed E-state index contributed by atoms with van der Waals surface area (Å²) in [5.41, 5.74) is 7.90. The summed E-state index contributed by atoms with van der Waals surface area (Å²) in [6.45, 7) is 4.28. The first-order valence-electron chi connectivity index (χ1n) is 10.5. The van der Waals surface area contributed by atoms with Gasteiger partial charge in [-0.3, -0.25) is 0 Å². The average molecular weight is 463 g/mol. The van der Waals surface area contributed by atoms with Gasteiger partial charge in [0.15, 0.2) is 5.69 Å². The highest BCUT2D eigenvalue weighted by Gasteiger charge is 2.33. The number of benzene rings is 1. The van der Waals surface area contributed by atoms with Crippen LogP contribution in [0.15, 0.2) is 42.6 Å². The molecule has 1 aromatic carbocycles. The van der Waals surface area contributed by atoms with Gasteiger partial charge in [-0.15, -0.1) is 9.67 Å². The number of carboxylic acid groups (broad SMARTS) is 1. The number of para-hydroxylation sites is 1. The van der Waals surface area contributed by atoms with E-state index in [0.29, 0.717) is 46.0 Å². The minimum Gasteiger partial charge on any atom is -0.494 e. The molecule has 0 aliphatic carbocycles. The zero-order chi connectivity index (χ0) is 24.5. The highest BCUT2D eigenvalue weighted by molar-refractivity contribution is 5.95. The van der Waals surface area contributed by atoms with Gasteiger partial charge in [0.05, 0.1) is 25.3 Å². The minimum atomic E-state index is -1.34. The predicted molar refractivity (Wildman–Crippen MR) is 121 cm³/mol. The smallest absolute Gasteiger partial charge is 0.343 e. The highest BCUT2D eigenvalue weighted by Crippen LogP contribution is 2.30. The van der Waals surface area contributed by atoms with Crippen molar-refractivity contribution in [2.45, 2.75) is 25.8 Å². The largest absolute Gasteiger partial charge is 0.494 e. The van der Waals surface area contributed by atoms with Gasteiger partial charge in [0.2, 0.25) is 11.6 Å². The lowest BCUT2D eigenvalue weighted by Crippen LogP contribution is -2.60. The third kappa shape index (κ3) is 4.25. The lowest BCUT2D eigenvalue weighted by Gasteiger charge is -2.22. The zero-order valence-electron chi connectivity index (χ0n) is 19.3. The first-order chi connectivity index (χ1) is 16.2. The van der Waals surface area contributed by atoms with Crippen LogP contribution in [0.2, 0.25) is 0 Å². The van der Waals surface area contributed by atoms with Crippen LogP contribution in [0.1, 0.15) is 25.2 Å². The Morgan fingerprint density at radius 2 is 1.94 bits per heavy atom. The predicted octanol–water partition coefficient (Wildman–Crippen LogP) is 0.930. The van der Waals surface area contributed by atoms with Crippen molar-refractivity contribution in [2.75, 3.05) is 26.6 Å². The summed E-state index contributed by atoms with van der Waals surface area (Å²) in [6.07, 6.45) is 0.338. The van der Waals surface area contributed by atoms with Crippen molar-refractivity contribution in [3.8, 4) is 17.1 Å². The lowest BCUT2D eigenvalue weighted by atomic mass is 9.89. The molecule has 0 saturated carbocycles. The Morgan fingerprint density at radius 1 is 1.18 bits per heavy atom. The van der Waals surface area contributed by atoms with Crippen LogP contribution in [0.5, 0.6) is 5.75 Å². The molecule has 2 N–H and O–H groups in total. The summed E-state index contributed by atoms with van der Waals surface area (Å²) in [5.74, 6) is 0.634. The molecule has 0 unspecified atom stereocenters. The van der Waals surface area contributed by atoms with Gasteiger partial charge in [-0.05, 0) is 26.0 Å². The van der Waals surface area contributed by atoms with Crippen molar-refractivity contribution >= 4 is 22.9 Å². The number of methoxy groups -OCH3 is 2. The molecule has 11 heteroatoms. The molecule has 3 aromatic heterocycles. The van der Waals surface area contributed by atoms with Crippen LogP contribution in [-0.4, -0.2) is 51.9 Å². The van der Waals surface area contributed by atoms with E-state index >= 15 is 0 Å². The molecule has 0 radical (unpaired) electrons. The number of fused-ring (bicyclic) bond motifs is 1. The Hall–Kier alpha value is -4.12. The first kappa shape index (κ1) is 23.1. The molecular weight excluding hydrogens is 438 g/mol. The number of hydrogen-bond acceptors (Lipinski definition) is 9. The van der Waals surface area contributed by atoms with Crippen LogP contribution >= 0.6 is 0 Å². The van der Waals surface area contributed by atoms with Crippen molar-refractivity contribution in [1.82, 2.24) is 25.0 Å². The summed E-state index contributed by atoms with van der Waals surface area (Å²) >= 11 is 0. The van der Waals surface area contributed by atoms with Crippen molar-refractivity contribution in [1.29, 1.82) is 0 Å². The van der Waals surface area contributed by atoms with Crippen LogP contribution in [-0.2, 0) is 16.7 Å². The van der Waals surface area contributed by atoms with Gasteiger partial charge < -0.3 is 25.1 Å². The van der Waals surface area contributed by atoms with Gasteiger partial charge >= 0.3 is 6.09 Å². The van der Waals surface area contributed by atoms with E-state index in [1.807, 2.05) is 26.0 Å². The highest BCUT2D eigenvalue weighted by atomic mass is 16.5. The van der Waals surface area contributed by atoms with Crippen LogP contribution in [0.25, 0.3) is 22.3 Å². The number of hydrogen-bond donors (Lipinski definition) is 1. The molecule has 11 nitrogen and oxygen atoms in total. The molecule has 0 bridgehead atoms. The molecule has 0 atom stereocenters. The molecule has 0 spiro atoms. The number of anilines is 1. The fourth-order valence-corrected chi connectivity index (χ4v) is 4.01.